The summed E-state index contributed by atoms with van der Waals surface area (Å²) in [5.41, 5.74) is 6.38. The summed E-state index contributed by atoms with van der Waals surface area (Å²) in [6.45, 7) is 0. The van der Waals surface area contributed by atoms with Crippen molar-refractivity contribution in [2.24, 2.45) is 5.73 Å². The number of aryl methyl sites for hydroxylation is 1. The van der Waals surface area contributed by atoms with E-state index in [9.17, 15) is 4.79 Å². The Kier molecular flexibility index (Phi) is 5.14. The first-order chi connectivity index (χ1) is 7.20. The van der Waals surface area contributed by atoms with Crippen molar-refractivity contribution in [3.8, 4) is 0 Å². The van der Waals surface area contributed by atoms with Crippen molar-refractivity contribution in [3.05, 3.63) is 30.1 Å². The molecule has 1 aromatic heterocycles. The number of aliphatic carboxylic acids is 1. The van der Waals surface area contributed by atoms with Crippen molar-refractivity contribution in [1.29, 1.82) is 0 Å². The summed E-state index contributed by atoms with van der Waals surface area (Å²) in [4.78, 5) is 14.6. The Morgan fingerprint density at radius 3 is 3.00 bits per heavy atom. The summed E-state index contributed by atoms with van der Waals surface area (Å²) in [6.07, 6.45) is 2.60. The lowest BCUT2D eigenvalue weighted by molar-refractivity contribution is -0.137. The fraction of sp³-hybridized carbons (Fsp3) is 0.400. The molecule has 0 saturated carbocycles. The van der Waals surface area contributed by atoms with Gasteiger partial charge in [-0.05, 0) is 24.3 Å². The molecular formula is C10H14N2O2S. The van der Waals surface area contributed by atoms with E-state index in [0.29, 0.717) is 5.75 Å². The molecule has 0 aliphatic carbocycles. The van der Waals surface area contributed by atoms with Crippen LogP contribution in [0, 0.1) is 0 Å². The largest absolute Gasteiger partial charge is 0.480 e. The van der Waals surface area contributed by atoms with E-state index in [1.54, 1.807) is 6.20 Å². The zero-order valence-electron chi connectivity index (χ0n) is 8.30. The topological polar surface area (TPSA) is 76.2 Å². The summed E-state index contributed by atoms with van der Waals surface area (Å²) in [5, 5.41) is 8.55. The molecule has 0 amide bonds. The van der Waals surface area contributed by atoms with Gasteiger partial charge in [0.25, 0.3) is 0 Å². The molecule has 5 heteroatoms. The number of thioether (sulfide) groups is 1. The van der Waals surface area contributed by atoms with Crippen LogP contribution in [0.1, 0.15) is 5.69 Å². The SMILES string of the molecule is N[C@@H](CSCCc1ccccn1)C(=O)O. The van der Waals surface area contributed by atoms with Gasteiger partial charge in [0.05, 0.1) is 0 Å². The van der Waals surface area contributed by atoms with E-state index in [1.807, 2.05) is 18.2 Å². The minimum Gasteiger partial charge on any atom is -0.480 e. The second kappa shape index (κ2) is 6.42. The fourth-order valence-electron chi connectivity index (χ4n) is 1.00. The minimum atomic E-state index is -0.944. The van der Waals surface area contributed by atoms with Crippen molar-refractivity contribution >= 4 is 17.7 Å². The van der Waals surface area contributed by atoms with Crippen molar-refractivity contribution < 1.29 is 9.90 Å². The second-order valence-corrected chi connectivity index (χ2v) is 4.24. The van der Waals surface area contributed by atoms with Crippen molar-refractivity contribution in [2.75, 3.05) is 11.5 Å². The molecule has 1 heterocycles. The number of hydrogen-bond acceptors (Lipinski definition) is 4. The van der Waals surface area contributed by atoms with Gasteiger partial charge in [0, 0.05) is 17.6 Å². The van der Waals surface area contributed by atoms with Crippen molar-refractivity contribution in [2.45, 2.75) is 12.5 Å². The van der Waals surface area contributed by atoms with Crippen LogP contribution in [0.25, 0.3) is 0 Å². The fourth-order valence-corrected chi connectivity index (χ4v) is 1.92. The summed E-state index contributed by atoms with van der Waals surface area (Å²) < 4.78 is 0. The molecule has 0 radical (unpaired) electrons. The van der Waals surface area contributed by atoms with Crippen LogP contribution in [0.15, 0.2) is 24.4 Å². The standard InChI is InChI=1S/C10H14N2O2S/c11-9(10(13)14)7-15-6-4-8-3-1-2-5-12-8/h1-3,5,9H,4,6-7,11H2,(H,13,14)/t9-/m0/s1. The maximum atomic E-state index is 10.4. The Hall–Kier alpha value is -1.07. The van der Waals surface area contributed by atoms with Crippen molar-refractivity contribution in [3.63, 3.8) is 0 Å². The molecule has 0 aromatic carbocycles. The first-order valence-electron chi connectivity index (χ1n) is 4.66. The van der Waals surface area contributed by atoms with Crippen LogP contribution in [0.2, 0.25) is 0 Å². The number of nitrogens with two attached hydrogens (primary N) is 1. The van der Waals surface area contributed by atoms with Crippen LogP contribution in [-0.2, 0) is 11.2 Å². The van der Waals surface area contributed by atoms with Gasteiger partial charge < -0.3 is 10.8 Å². The number of pyridine rings is 1. The highest BCUT2D eigenvalue weighted by atomic mass is 32.2. The van der Waals surface area contributed by atoms with Crippen LogP contribution in [0.5, 0.6) is 0 Å². The zero-order valence-corrected chi connectivity index (χ0v) is 9.11. The van der Waals surface area contributed by atoms with E-state index >= 15 is 0 Å². The molecule has 0 bridgehead atoms. The number of carboxylic acid groups (broad SMARTS) is 1. The number of carbonyl (C=O) groups is 1. The van der Waals surface area contributed by atoms with Gasteiger partial charge in [-0.1, -0.05) is 6.07 Å². The number of nitrogens with zero attached hydrogens (tertiary/aromatic N) is 1. The predicted octanol–water partition coefficient (Wildman–Crippen LogP) is 0.769. The molecule has 1 aromatic rings. The van der Waals surface area contributed by atoms with Gasteiger partial charge in [-0.25, -0.2) is 0 Å². The van der Waals surface area contributed by atoms with Crippen LogP contribution in [0.3, 0.4) is 0 Å². The van der Waals surface area contributed by atoms with E-state index in [0.717, 1.165) is 17.9 Å². The molecule has 3 N–H and O–H groups in total. The first kappa shape index (κ1) is 12.0. The molecule has 4 nitrogen and oxygen atoms in total. The summed E-state index contributed by atoms with van der Waals surface area (Å²) >= 11 is 1.54. The third kappa shape index (κ3) is 4.80. The molecular weight excluding hydrogens is 212 g/mol. The third-order valence-electron chi connectivity index (χ3n) is 1.84. The van der Waals surface area contributed by atoms with Gasteiger partial charge >= 0.3 is 5.97 Å². The van der Waals surface area contributed by atoms with Crippen LogP contribution < -0.4 is 5.73 Å². The quantitative estimate of drug-likeness (QED) is 0.701. The van der Waals surface area contributed by atoms with Gasteiger partial charge in [0.15, 0.2) is 0 Å². The lowest BCUT2D eigenvalue weighted by Crippen LogP contribution is -2.32. The summed E-state index contributed by atoms with van der Waals surface area (Å²) in [6, 6.07) is 5.00. The number of hydrogen-bond donors (Lipinski definition) is 2. The summed E-state index contributed by atoms with van der Waals surface area (Å²) in [5.74, 6) is 0.348. The molecule has 82 valence electrons. The maximum Gasteiger partial charge on any atom is 0.321 e. The third-order valence-corrected chi connectivity index (χ3v) is 2.93. The lowest BCUT2D eigenvalue weighted by Gasteiger charge is -2.05. The molecule has 1 atom stereocenters. The van der Waals surface area contributed by atoms with E-state index in [1.165, 1.54) is 11.8 Å². The molecule has 0 unspecified atom stereocenters. The monoisotopic (exact) mass is 226 g/mol. The highest BCUT2D eigenvalue weighted by Gasteiger charge is 2.10. The Morgan fingerprint density at radius 2 is 2.40 bits per heavy atom. The predicted molar refractivity (Wildman–Crippen MR) is 60.9 cm³/mol. The highest BCUT2D eigenvalue weighted by molar-refractivity contribution is 7.99. The number of rotatable bonds is 6. The normalized spacial score (nSPS) is 12.3. The second-order valence-electron chi connectivity index (χ2n) is 3.09. The maximum absolute atomic E-state index is 10.4. The minimum absolute atomic E-state index is 0.447. The van der Waals surface area contributed by atoms with Crippen LogP contribution in [0.4, 0.5) is 0 Å². The number of carboxylic acids is 1. The van der Waals surface area contributed by atoms with Crippen LogP contribution in [-0.4, -0.2) is 33.6 Å². The molecule has 0 spiro atoms. The molecule has 0 saturated heterocycles. The van der Waals surface area contributed by atoms with Gasteiger partial charge in [-0.3, -0.25) is 9.78 Å². The number of aromatic nitrogens is 1. The Balaban J connectivity index is 2.15. The van der Waals surface area contributed by atoms with Gasteiger partial charge in [0.1, 0.15) is 6.04 Å². The molecule has 0 aliphatic rings. The smallest absolute Gasteiger partial charge is 0.321 e. The molecule has 15 heavy (non-hydrogen) atoms. The Bertz CT molecular complexity index is 306. The van der Waals surface area contributed by atoms with Gasteiger partial charge in [0.2, 0.25) is 0 Å². The van der Waals surface area contributed by atoms with Gasteiger partial charge in [-0.15, -0.1) is 0 Å². The molecule has 1 rings (SSSR count). The van der Waals surface area contributed by atoms with E-state index in [-0.39, 0.29) is 0 Å². The lowest BCUT2D eigenvalue weighted by atomic mass is 10.3. The van der Waals surface area contributed by atoms with E-state index in [2.05, 4.69) is 4.98 Å². The molecule has 0 fully saturated rings. The van der Waals surface area contributed by atoms with E-state index < -0.39 is 12.0 Å². The summed E-state index contributed by atoms with van der Waals surface area (Å²) in [7, 11) is 0. The Labute approximate surface area is 92.9 Å². The van der Waals surface area contributed by atoms with Crippen molar-refractivity contribution in [1.82, 2.24) is 4.98 Å². The zero-order chi connectivity index (χ0) is 11.1. The average Bonchev–Trinajstić information content (AvgIpc) is 2.25. The van der Waals surface area contributed by atoms with E-state index in [4.69, 9.17) is 10.8 Å². The average molecular weight is 226 g/mol. The first-order valence-corrected chi connectivity index (χ1v) is 5.81. The van der Waals surface area contributed by atoms with Crippen LogP contribution >= 0.6 is 11.8 Å². The Morgan fingerprint density at radius 1 is 1.60 bits per heavy atom. The van der Waals surface area contributed by atoms with Gasteiger partial charge in [-0.2, -0.15) is 11.8 Å². The molecule has 0 aliphatic heterocycles. The highest BCUT2D eigenvalue weighted by Crippen LogP contribution is 2.05.